The average Bonchev–Trinajstić information content (AvgIpc) is 2.97. The number of hydrogen-bond acceptors (Lipinski definition) is 6. The van der Waals surface area contributed by atoms with Crippen molar-refractivity contribution in [1.82, 2.24) is 0 Å². The Labute approximate surface area is 144 Å². The number of methoxy groups -OCH3 is 1. The fourth-order valence-corrected chi connectivity index (χ4v) is 2.32. The molecule has 1 aliphatic heterocycles. The first-order valence-corrected chi connectivity index (χ1v) is 7.52. The van der Waals surface area contributed by atoms with E-state index in [-0.39, 0.29) is 17.3 Å². The Bertz CT molecular complexity index is 884. The molecule has 0 fully saturated rings. The van der Waals surface area contributed by atoms with Crippen molar-refractivity contribution in [2.75, 3.05) is 7.11 Å². The van der Waals surface area contributed by atoms with Gasteiger partial charge in [0.15, 0.2) is 17.2 Å². The predicted octanol–water partition coefficient (Wildman–Crippen LogP) is 2.97. The van der Waals surface area contributed by atoms with Gasteiger partial charge in [-0.2, -0.15) is 0 Å². The van der Waals surface area contributed by atoms with Crippen molar-refractivity contribution in [2.45, 2.75) is 6.92 Å². The van der Waals surface area contributed by atoms with E-state index in [0.29, 0.717) is 16.9 Å². The number of nitrogens with zero attached hydrogens (tertiary/aromatic N) is 1. The average molecular weight is 337 g/mol. The van der Waals surface area contributed by atoms with Crippen molar-refractivity contribution in [3.05, 3.63) is 65.4 Å². The number of hydrogen-bond donors (Lipinski definition) is 0. The molecule has 1 aliphatic rings. The minimum absolute atomic E-state index is 0.112. The molecule has 6 nitrogen and oxygen atoms in total. The summed E-state index contributed by atoms with van der Waals surface area (Å²) in [6.07, 6.45) is 1.50. The molecule has 0 saturated carbocycles. The maximum absolute atomic E-state index is 12.1. The molecule has 0 amide bonds. The van der Waals surface area contributed by atoms with Crippen LogP contribution in [0.1, 0.15) is 18.1 Å². The van der Waals surface area contributed by atoms with Gasteiger partial charge >= 0.3 is 11.9 Å². The second-order valence-electron chi connectivity index (χ2n) is 5.17. The van der Waals surface area contributed by atoms with E-state index in [1.54, 1.807) is 30.3 Å². The molecule has 0 radical (unpaired) electrons. The first-order chi connectivity index (χ1) is 12.1. The molecule has 2 aromatic carbocycles. The summed E-state index contributed by atoms with van der Waals surface area (Å²) in [7, 11) is 1.47. The number of cyclic esters (lactones) is 1. The number of benzene rings is 2. The zero-order valence-electron chi connectivity index (χ0n) is 13.7. The highest BCUT2D eigenvalue weighted by atomic mass is 16.6. The maximum atomic E-state index is 12.1. The molecule has 0 spiro atoms. The van der Waals surface area contributed by atoms with E-state index in [1.165, 1.54) is 20.1 Å². The van der Waals surface area contributed by atoms with Crippen LogP contribution in [0.4, 0.5) is 0 Å². The van der Waals surface area contributed by atoms with Crippen molar-refractivity contribution >= 4 is 23.9 Å². The number of rotatable bonds is 4. The maximum Gasteiger partial charge on any atom is 0.363 e. The van der Waals surface area contributed by atoms with Gasteiger partial charge in [-0.05, 0) is 24.3 Å². The molecule has 2 aromatic rings. The molecule has 126 valence electrons. The standard InChI is InChI=1S/C19H15NO5/c1-12(21)24-17-14(9-6-10-16(17)23-2)11-15-19(22)25-18(20-15)13-7-4-3-5-8-13/h3-11H,1-2H3/b15-11-. The quantitative estimate of drug-likeness (QED) is 0.487. The molecular weight excluding hydrogens is 322 g/mol. The van der Waals surface area contributed by atoms with Gasteiger partial charge in [-0.15, -0.1) is 0 Å². The Morgan fingerprint density at radius 2 is 1.88 bits per heavy atom. The lowest BCUT2D eigenvalue weighted by atomic mass is 10.1. The molecule has 6 heteroatoms. The van der Waals surface area contributed by atoms with Crippen LogP contribution in [0.5, 0.6) is 11.5 Å². The summed E-state index contributed by atoms with van der Waals surface area (Å²) < 4.78 is 15.6. The molecule has 3 rings (SSSR count). The SMILES string of the molecule is COc1cccc(/C=C2\N=C(c3ccccc3)OC2=O)c1OC(C)=O. The zero-order chi connectivity index (χ0) is 17.8. The lowest BCUT2D eigenvalue weighted by molar-refractivity contribution is -0.132. The van der Waals surface area contributed by atoms with Crippen LogP contribution in [0.3, 0.4) is 0 Å². The summed E-state index contributed by atoms with van der Waals surface area (Å²) in [5, 5.41) is 0. The van der Waals surface area contributed by atoms with Gasteiger partial charge in [0, 0.05) is 18.1 Å². The lowest BCUT2D eigenvalue weighted by Crippen LogP contribution is -2.06. The number of carbonyl (C=O) groups is 2. The number of para-hydroxylation sites is 1. The molecule has 1 heterocycles. The largest absolute Gasteiger partial charge is 0.493 e. The van der Waals surface area contributed by atoms with Crippen molar-refractivity contribution in [3.63, 3.8) is 0 Å². The second-order valence-corrected chi connectivity index (χ2v) is 5.17. The van der Waals surface area contributed by atoms with Gasteiger partial charge in [-0.1, -0.05) is 30.3 Å². The molecular formula is C19H15NO5. The summed E-state index contributed by atoms with van der Waals surface area (Å²) in [5.74, 6) is -0.236. The van der Waals surface area contributed by atoms with Gasteiger partial charge in [-0.3, -0.25) is 4.79 Å². The fourth-order valence-electron chi connectivity index (χ4n) is 2.32. The third-order valence-electron chi connectivity index (χ3n) is 3.41. The lowest BCUT2D eigenvalue weighted by Gasteiger charge is -2.10. The van der Waals surface area contributed by atoms with Crippen molar-refractivity contribution in [2.24, 2.45) is 4.99 Å². The highest BCUT2D eigenvalue weighted by Crippen LogP contribution is 2.33. The van der Waals surface area contributed by atoms with Gasteiger partial charge in [0.2, 0.25) is 5.90 Å². The fraction of sp³-hybridized carbons (Fsp3) is 0.105. The van der Waals surface area contributed by atoms with Crippen LogP contribution in [0, 0.1) is 0 Å². The second kappa shape index (κ2) is 7.00. The smallest absolute Gasteiger partial charge is 0.363 e. The molecule has 0 bridgehead atoms. The molecule has 0 aliphatic carbocycles. The van der Waals surface area contributed by atoms with E-state index >= 15 is 0 Å². The Morgan fingerprint density at radius 3 is 2.56 bits per heavy atom. The predicted molar refractivity (Wildman–Crippen MR) is 91.4 cm³/mol. The first-order valence-electron chi connectivity index (χ1n) is 7.52. The van der Waals surface area contributed by atoms with E-state index in [1.807, 2.05) is 18.2 Å². The van der Waals surface area contributed by atoms with Crippen LogP contribution in [-0.4, -0.2) is 24.9 Å². The van der Waals surface area contributed by atoms with Crippen molar-refractivity contribution in [1.29, 1.82) is 0 Å². The normalized spacial score (nSPS) is 14.9. The highest BCUT2D eigenvalue weighted by Gasteiger charge is 2.25. The third kappa shape index (κ3) is 3.58. The van der Waals surface area contributed by atoms with E-state index in [9.17, 15) is 9.59 Å². The number of ether oxygens (including phenoxy) is 3. The molecule has 25 heavy (non-hydrogen) atoms. The van der Waals surface area contributed by atoms with Crippen LogP contribution < -0.4 is 9.47 Å². The number of carbonyl (C=O) groups excluding carboxylic acids is 2. The number of esters is 2. The summed E-state index contributed by atoms with van der Waals surface area (Å²) in [5.41, 5.74) is 1.30. The van der Waals surface area contributed by atoms with Gasteiger partial charge in [-0.25, -0.2) is 9.79 Å². The van der Waals surface area contributed by atoms with Crippen LogP contribution >= 0.6 is 0 Å². The van der Waals surface area contributed by atoms with Gasteiger partial charge in [0.1, 0.15) is 0 Å². The minimum Gasteiger partial charge on any atom is -0.493 e. The Morgan fingerprint density at radius 1 is 1.12 bits per heavy atom. The summed E-state index contributed by atoms with van der Waals surface area (Å²) in [4.78, 5) is 27.7. The minimum atomic E-state index is -0.574. The molecule has 0 atom stereocenters. The Hall–Kier alpha value is -3.41. The van der Waals surface area contributed by atoms with E-state index in [0.717, 1.165) is 0 Å². The monoisotopic (exact) mass is 337 g/mol. The van der Waals surface area contributed by atoms with E-state index in [2.05, 4.69) is 4.99 Å². The van der Waals surface area contributed by atoms with Gasteiger partial charge < -0.3 is 14.2 Å². The summed E-state index contributed by atoms with van der Waals surface area (Å²) in [6.45, 7) is 1.29. The van der Waals surface area contributed by atoms with E-state index < -0.39 is 11.9 Å². The Kier molecular flexibility index (Phi) is 4.61. The molecule has 0 saturated heterocycles. The summed E-state index contributed by atoms with van der Waals surface area (Å²) in [6, 6.07) is 14.2. The third-order valence-corrected chi connectivity index (χ3v) is 3.41. The van der Waals surface area contributed by atoms with Crippen LogP contribution in [0.2, 0.25) is 0 Å². The van der Waals surface area contributed by atoms with Gasteiger partial charge in [0.25, 0.3) is 0 Å². The Balaban J connectivity index is 2.02. The van der Waals surface area contributed by atoms with Crippen molar-refractivity contribution in [3.8, 4) is 11.5 Å². The van der Waals surface area contributed by atoms with Crippen molar-refractivity contribution < 1.29 is 23.8 Å². The molecule has 0 unspecified atom stereocenters. The van der Waals surface area contributed by atoms with Gasteiger partial charge in [0.05, 0.1) is 7.11 Å². The topological polar surface area (TPSA) is 74.2 Å². The molecule has 0 N–H and O–H groups in total. The van der Waals surface area contributed by atoms with Crippen LogP contribution in [0.15, 0.2) is 59.2 Å². The summed E-state index contributed by atoms with van der Waals surface area (Å²) >= 11 is 0. The van der Waals surface area contributed by atoms with Crippen LogP contribution in [0.25, 0.3) is 6.08 Å². The number of aliphatic imine (C=N–C) groups is 1. The van der Waals surface area contributed by atoms with Crippen LogP contribution in [-0.2, 0) is 14.3 Å². The molecule has 0 aromatic heterocycles. The first kappa shape index (κ1) is 16.4. The van der Waals surface area contributed by atoms with E-state index in [4.69, 9.17) is 14.2 Å². The zero-order valence-corrected chi connectivity index (χ0v) is 13.7. The highest BCUT2D eigenvalue weighted by molar-refractivity contribution is 6.13.